The molecule has 0 saturated carbocycles. The highest BCUT2D eigenvalue weighted by atomic mass is 35.5. The van der Waals surface area contributed by atoms with Crippen molar-refractivity contribution in [1.82, 2.24) is 9.55 Å². The SMILES string of the molecule is COc1ccc(-n2cc(-c3ccccc3)nc2-c2ccc(Cl)cc2)cc1. The second-order valence-electron chi connectivity index (χ2n) is 5.89. The fraction of sp³-hybridized carbons (Fsp3) is 0.0455. The molecule has 0 N–H and O–H groups in total. The van der Waals surface area contributed by atoms with E-state index < -0.39 is 0 Å². The van der Waals surface area contributed by atoms with Gasteiger partial charge in [-0.25, -0.2) is 4.98 Å². The van der Waals surface area contributed by atoms with Crippen LogP contribution in [-0.4, -0.2) is 16.7 Å². The zero-order valence-electron chi connectivity index (χ0n) is 14.3. The maximum absolute atomic E-state index is 6.05. The van der Waals surface area contributed by atoms with E-state index in [1.54, 1.807) is 7.11 Å². The first-order chi connectivity index (χ1) is 12.7. The molecule has 0 spiro atoms. The molecule has 1 heterocycles. The lowest BCUT2D eigenvalue weighted by molar-refractivity contribution is 0.415. The van der Waals surface area contributed by atoms with Gasteiger partial charge in [0.25, 0.3) is 0 Å². The Bertz CT molecular complexity index is 1010. The smallest absolute Gasteiger partial charge is 0.145 e. The van der Waals surface area contributed by atoms with Gasteiger partial charge in [0.1, 0.15) is 11.6 Å². The molecule has 128 valence electrons. The first kappa shape index (κ1) is 16.4. The van der Waals surface area contributed by atoms with E-state index in [0.717, 1.165) is 34.1 Å². The van der Waals surface area contributed by atoms with Gasteiger partial charge in [0.15, 0.2) is 0 Å². The van der Waals surface area contributed by atoms with Crippen LogP contribution in [0.15, 0.2) is 85.1 Å². The van der Waals surface area contributed by atoms with Crippen LogP contribution in [0.25, 0.3) is 28.3 Å². The number of hydrogen-bond acceptors (Lipinski definition) is 2. The number of benzene rings is 3. The van der Waals surface area contributed by atoms with Crippen LogP contribution >= 0.6 is 11.6 Å². The van der Waals surface area contributed by atoms with E-state index >= 15 is 0 Å². The number of imidazole rings is 1. The largest absolute Gasteiger partial charge is 0.497 e. The summed E-state index contributed by atoms with van der Waals surface area (Å²) in [5, 5.41) is 0.708. The average Bonchev–Trinajstić information content (AvgIpc) is 3.15. The molecule has 0 aliphatic carbocycles. The van der Waals surface area contributed by atoms with Crippen molar-refractivity contribution < 1.29 is 4.74 Å². The van der Waals surface area contributed by atoms with Crippen molar-refractivity contribution in [1.29, 1.82) is 0 Å². The van der Waals surface area contributed by atoms with Crippen LogP contribution in [0.1, 0.15) is 0 Å². The van der Waals surface area contributed by atoms with E-state index in [2.05, 4.69) is 22.9 Å². The summed E-state index contributed by atoms with van der Waals surface area (Å²) in [7, 11) is 1.67. The molecule has 4 aromatic rings. The molecule has 4 heteroatoms. The van der Waals surface area contributed by atoms with Crippen LogP contribution in [0.5, 0.6) is 5.75 Å². The van der Waals surface area contributed by atoms with Crippen molar-refractivity contribution in [3.8, 4) is 34.1 Å². The van der Waals surface area contributed by atoms with Crippen molar-refractivity contribution in [3.05, 3.63) is 90.1 Å². The Balaban J connectivity index is 1.87. The fourth-order valence-electron chi connectivity index (χ4n) is 2.87. The molecule has 4 rings (SSSR count). The van der Waals surface area contributed by atoms with Crippen molar-refractivity contribution in [3.63, 3.8) is 0 Å². The molecule has 0 atom stereocenters. The summed E-state index contributed by atoms with van der Waals surface area (Å²) in [4.78, 5) is 4.89. The molecule has 0 radical (unpaired) electrons. The standard InChI is InChI=1S/C22H17ClN2O/c1-26-20-13-11-19(12-14-20)25-15-21(16-5-3-2-4-6-16)24-22(25)17-7-9-18(23)10-8-17/h2-15H,1H3. The Labute approximate surface area is 157 Å². The van der Waals surface area contributed by atoms with Gasteiger partial charge in [0, 0.05) is 28.0 Å². The van der Waals surface area contributed by atoms with Gasteiger partial charge in [0.2, 0.25) is 0 Å². The summed E-state index contributed by atoms with van der Waals surface area (Å²) in [5.74, 6) is 1.69. The molecule has 0 unspecified atom stereocenters. The first-order valence-corrected chi connectivity index (χ1v) is 8.67. The summed E-state index contributed by atoms with van der Waals surface area (Å²) < 4.78 is 7.36. The summed E-state index contributed by atoms with van der Waals surface area (Å²) in [6.45, 7) is 0. The number of halogens is 1. The van der Waals surface area contributed by atoms with Crippen molar-refractivity contribution in [2.45, 2.75) is 0 Å². The minimum atomic E-state index is 0.708. The van der Waals surface area contributed by atoms with Crippen LogP contribution in [-0.2, 0) is 0 Å². The molecule has 0 fully saturated rings. The number of rotatable bonds is 4. The Morgan fingerprint density at radius 2 is 1.50 bits per heavy atom. The molecule has 0 bridgehead atoms. The second-order valence-corrected chi connectivity index (χ2v) is 6.33. The zero-order chi connectivity index (χ0) is 17.9. The van der Waals surface area contributed by atoms with E-state index in [1.807, 2.05) is 66.7 Å². The van der Waals surface area contributed by atoms with Gasteiger partial charge in [0.05, 0.1) is 12.8 Å². The average molecular weight is 361 g/mol. The van der Waals surface area contributed by atoms with Crippen LogP contribution in [0.4, 0.5) is 0 Å². The van der Waals surface area contributed by atoms with Gasteiger partial charge in [-0.3, -0.25) is 4.57 Å². The maximum atomic E-state index is 6.05. The van der Waals surface area contributed by atoms with E-state index in [4.69, 9.17) is 21.3 Å². The molecular formula is C22H17ClN2O. The van der Waals surface area contributed by atoms with Gasteiger partial charge in [-0.05, 0) is 48.5 Å². The highest BCUT2D eigenvalue weighted by molar-refractivity contribution is 6.30. The van der Waals surface area contributed by atoms with Crippen molar-refractivity contribution >= 4 is 11.6 Å². The molecular weight excluding hydrogens is 344 g/mol. The number of ether oxygens (including phenoxy) is 1. The monoisotopic (exact) mass is 360 g/mol. The number of methoxy groups -OCH3 is 1. The van der Waals surface area contributed by atoms with Crippen LogP contribution in [0, 0.1) is 0 Å². The van der Waals surface area contributed by atoms with Crippen molar-refractivity contribution in [2.24, 2.45) is 0 Å². The molecule has 3 aromatic carbocycles. The Hall–Kier alpha value is -3.04. The van der Waals surface area contributed by atoms with Gasteiger partial charge >= 0.3 is 0 Å². The Kier molecular flexibility index (Phi) is 4.46. The van der Waals surface area contributed by atoms with Crippen LogP contribution in [0.3, 0.4) is 0 Å². The molecule has 26 heavy (non-hydrogen) atoms. The second kappa shape index (κ2) is 7.06. The van der Waals surface area contributed by atoms with Gasteiger partial charge < -0.3 is 4.74 Å². The third kappa shape index (κ3) is 3.22. The lowest BCUT2D eigenvalue weighted by Gasteiger charge is -2.09. The molecule has 0 aliphatic rings. The summed E-state index contributed by atoms with van der Waals surface area (Å²) >= 11 is 6.05. The molecule has 0 aliphatic heterocycles. The van der Waals surface area contributed by atoms with E-state index in [-0.39, 0.29) is 0 Å². The highest BCUT2D eigenvalue weighted by Gasteiger charge is 2.13. The topological polar surface area (TPSA) is 27.1 Å². The van der Waals surface area contributed by atoms with Gasteiger partial charge in [-0.1, -0.05) is 41.9 Å². The van der Waals surface area contributed by atoms with Gasteiger partial charge in [-0.15, -0.1) is 0 Å². The quantitative estimate of drug-likeness (QED) is 0.455. The molecule has 0 saturated heterocycles. The highest BCUT2D eigenvalue weighted by Crippen LogP contribution is 2.29. The number of nitrogens with zero attached hydrogens (tertiary/aromatic N) is 2. The lowest BCUT2D eigenvalue weighted by atomic mass is 10.2. The predicted molar refractivity (Wildman–Crippen MR) is 106 cm³/mol. The lowest BCUT2D eigenvalue weighted by Crippen LogP contribution is -1.96. The molecule has 0 amide bonds. The van der Waals surface area contributed by atoms with E-state index in [0.29, 0.717) is 5.02 Å². The van der Waals surface area contributed by atoms with E-state index in [9.17, 15) is 0 Å². The minimum absolute atomic E-state index is 0.708. The maximum Gasteiger partial charge on any atom is 0.145 e. The van der Waals surface area contributed by atoms with Crippen molar-refractivity contribution in [2.75, 3.05) is 7.11 Å². The van der Waals surface area contributed by atoms with E-state index in [1.165, 1.54) is 0 Å². The number of aromatic nitrogens is 2. The zero-order valence-corrected chi connectivity index (χ0v) is 15.0. The summed E-state index contributed by atoms with van der Waals surface area (Å²) in [6.07, 6.45) is 2.06. The molecule has 1 aromatic heterocycles. The summed E-state index contributed by atoms with van der Waals surface area (Å²) in [5.41, 5.74) is 4.03. The fourth-order valence-corrected chi connectivity index (χ4v) is 3.00. The van der Waals surface area contributed by atoms with Crippen LogP contribution in [0.2, 0.25) is 5.02 Å². The first-order valence-electron chi connectivity index (χ1n) is 8.30. The molecule has 3 nitrogen and oxygen atoms in total. The third-order valence-electron chi connectivity index (χ3n) is 4.23. The third-order valence-corrected chi connectivity index (χ3v) is 4.48. The Morgan fingerprint density at radius 3 is 2.15 bits per heavy atom. The predicted octanol–water partition coefficient (Wildman–Crippen LogP) is 5.87. The number of hydrogen-bond donors (Lipinski definition) is 0. The Morgan fingerprint density at radius 1 is 0.808 bits per heavy atom. The minimum Gasteiger partial charge on any atom is -0.497 e. The van der Waals surface area contributed by atoms with Gasteiger partial charge in [-0.2, -0.15) is 0 Å². The van der Waals surface area contributed by atoms with Crippen LogP contribution < -0.4 is 4.74 Å². The summed E-state index contributed by atoms with van der Waals surface area (Å²) in [6, 6.07) is 25.8. The normalized spacial score (nSPS) is 10.7.